The summed E-state index contributed by atoms with van der Waals surface area (Å²) >= 11 is 3.51. The number of nitrogens with zero attached hydrogens (tertiary/aromatic N) is 1. The molecule has 2 aliphatic heterocycles. The average Bonchev–Trinajstić information content (AvgIpc) is 3.15. The number of carbonyl (C=O) groups excluding carboxylic acids is 1. The smallest absolute Gasteiger partial charge is 0.233 e. The quantitative estimate of drug-likeness (QED) is 0.794. The number of hydrogen-bond donors (Lipinski definition) is 1. The van der Waals surface area contributed by atoms with E-state index in [9.17, 15) is 4.79 Å². The predicted octanol–water partition coefficient (Wildman–Crippen LogP) is 4.04. The minimum atomic E-state index is -0.274. The van der Waals surface area contributed by atoms with Gasteiger partial charge in [0.25, 0.3) is 0 Å². The van der Waals surface area contributed by atoms with Crippen LogP contribution in [0, 0.1) is 0 Å². The largest absolute Gasteiger partial charge is 0.340 e. The number of rotatable bonds is 2. The van der Waals surface area contributed by atoms with Gasteiger partial charge in [-0.3, -0.25) is 4.79 Å². The number of halogens is 2. The SMILES string of the molecule is Cl.O=C(N1CCC2CCC(C1)N2)C1(c2ccc(Br)cc2)CCCC1. The van der Waals surface area contributed by atoms with Crippen molar-refractivity contribution in [3.63, 3.8) is 0 Å². The third kappa shape index (κ3) is 3.25. The number of fused-ring (bicyclic) bond motifs is 2. The summed E-state index contributed by atoms with van der Waals surface area (Å²) in [7, 11) is 0. The van der Waals surface area contributed by atoms with E-state index in [4.69, 9.17) is 0 Å². The van der Waals surface area contributed by atoms with Crippen LogP contribution in [0.3, 0.4) is 0 Å². The lowest BCUT2D eigenvalue weighted by Gasteiger charge is -2.35. The second kappa shape index (κ2) is 7.35. The molecule has 4 rings (SSSR count). The van der Waals surface area contributed by atoms with Crippen molar-refractivity contribution in [2.45, 2.75) is 62.4 Å². The topological polar surface area (TPSA) is 32.3 Å². The monoisotopic (exact) mass is 412 g/mol. The molecule has 1 saturated carbocycles. The fourth-order valence-electron chi connectivity index (χ4n) is 4.80. The van der Waals surface area contributed by atoms with Gasteiger partial charge >= 0.3 is 0 Å². The first-order valence-corrected chi connectivity index (χ1v) is 9.78. The Balaban J connectivity index is 0.00000169. The molecule has 2 heterocycles. The van der Waals surface area contributed by atoms with Crippen LogP contribution in [0.25, 0.3) is 0 Å². The second-order valence-electron chi connectivity index (χ2n) is 7.47. The van der Waals surface area contributed by atoms with Gasteiger partial charge in [0, 0.05) is 29.6 Å². The molecular weight excluding hydrogens is 388 g/mol. The van der Waals surface area contributed by atoms with Crippen LogP contribution in [0.4, 0.5) is 0 Å². The number of likely N-dealkylation sites (tertiary alicyclic amines) is 1. The van der Waals surface area contributed by atoms with E-state index in [2.05, 4.69) is 50.4 Å². The van der Waals surface area contributed by atoms with Gasteiger partial charge in [-0.15, -0.1) is 12.4 Å². The summed E-state index contributed by atoms with van der Waals surface area (Å²) in [5.41, 5.74) is 0.940. The van der Waals surface area contributed by atoms with Crippen LogP contribution >= 0.6 is 28.3 Å². The standard InChI is InChI=1S/C19H25BrN2O.ClH/c20-15-5-3-14(4-6-15)19(10-1-2-11-19)18(23)22-12-9-16-7-8-17(13-22)21-16;/h3-6,16-17,21H,1-2,7-13H2;1H. The highest BCUT2D eigenvalue weighted by atomic mass is 79.9. The fraction of sp³-hybridized carbons (Fsp3) is 0.632. The predicted molar refractivity (Wildman–Crippen MR) is 103 cm³/mol. The average molecular weight is 414 g/mol. The van der Waals surface area contributed by atoms with Crippen molar-refractivity contribution >= 4 is 34.2 Å². The zero-order valence-corrected chi connectivity index (χ0v) is 16.4. The van der Waals surface area contributed by atoms with Crippen molar-refractivity contribution in [2.75, 3.05) is 13.1 Å². The molecule has 2 bridgehead atoms. The van der Waals surface area contributed by atoms with Gasteiger partial charge in [-0.1, -0.05) is 40.9 Å². The van der Waals surface area contributed by atoms with Crippen molar-refractivity contribution in [2.24, 2.45) is 0 Å². The number of nitrogens with one attached hydrogen (secondary N) is 1. The Kier molecular flexibility index (Phi) is 5.58. The minimum Gasteiger partial charge on any atom is -0.340 e. The highest BCUT2D eigenvalue weighted by molar-refractivity contribution is 9.10. The molecular formula is C19H26BrClN2O. The van der Waals surface area contributed by atoms with Gasteiger partial charge in [0.05, 0.1) is 5.41 Å². The molecule has 24 heavy (non-hydrogen) atoms. The number of benzene rings is 1. The molecule has 132 valence electrons. The van der Waals surface area contributed by atoms with Gasteiger partial charge in [0.15, 0.2) is 0 Å². The minimum absolute atomic E-state index is 0. The summed E-state index contributed by atoms with van der Waals surface area (Å²) in [6, 6.07) is 9.59. The van der Waals surface area contributed by atoms with Crippen LogP contribution in [0.5, 0.6) is 0 Å². The second-order valence-corrected chi connectivity index (χ2v) is 8.39. The van der Waals surface area contributed by atoms with Gasteiger partial charge in [-0.05, 0) is 49.8 Å². The van der Waals surface area contributed by atoms with Crippen molar-refractivity contribution in [3.05, 3.63) is 34.3 Å². The van der Waals surface area contributed by atoms with E-state index in [0.717, 1.165) is 36.8 Å². The van der Waals surface area contributed by atoms with Gasteiger partial charge in [-0.25, -0.2) is 0 Å². The van der Waals surface area contributed by atoms with Crippen molar-refractivity contribution in [1.82, 2.24) is 10.2 Å². The number of hydrogen-bond acceptors (Lipinski definition) is 2. The Morgan fingerprint density at radius 2 is 1.75 bits per heavy atom. The van der Waals surface area contributed by atoms with Crippen LogP contribution in [-0.4, -0.2) is 36.0 Å². The Labute approximate surface area is 159 Å². The first-order valence-electron chi connectivity index (χ1n) is 8.99. The van der Waals surface area contributed by atoms with Gasteiger partial charge in [-0.2, -0.15) is 0 Å². The van der Waals surface area contributed by atoms with E-state index in [1.807, 2.05) is 0 Å². The van der Waals surface area contributed by atoms with Crippen LogP contribution in [-0.2, 0) is 10.2 Å². The van der Waals surface area contributed by atoms with Crippen LogP contribution in [0.15, 0.2) is 28.7 Å². The van der Waals surface area contributed by atoms with E-state index < -0.39 is 0 Å². The first kappa shape index (κ1) is 18.2. The van der Waals surface area contributed by atoms with E-state index in [1.165, 1.54) is 31.2 Å². The van der Waals surface area contributed by atoms with E-state index >= 15 is 0 Å². The van der Waals surface area contributed by atoms with Crippen LogP contribution in [0.2, 0.25) is 0 Å². The molecule has 0 spiro atoms. The first-order chi connectivity index (χ1) is 11.2. The molecule has 2 atom stereocenters. The van der Waals surface area contributed by atoms with Crippen LogP contribution < -0.4 is 5.32 Å². The zero-order chi connectivity index (χ0) is 15.9. The summed E-state index contributed by atoms with van der Waals surface area (Å²) in [5.74, 6) is 0.381. The molecule has 1 aromatic carbocycles. The summed E-state index contributed by atoms with van der Waals surface area (Å²) in [6.45, 7) is 1.82. The molecule has 1 aliphatic carbocycles. The summed E-state index contributed by atoms with van der Waals surface area (Å²) < 4.78 is 1.08. The lowest BCUT2D eigenvalue weighted by molar-refractivity contribution is -0.137. The normalized spacial score (nSPS) is 28.3. The molecule has 1 N–H and O–H groups in total. The Bertz CT molecular complexity index is 586. The molecule has 0 radical (unpaired) electrons. The lowest BCUT2D eigenvalue weighted by atomic mass is 9.77. The highest BCUT2D eigenvalue weighted by Crippen LogP contribution is 2.43. The summed E-state index contributed by atoms with van der Waals surface area (Å²) in [6.07, 6.45) is 7.96. The Morgan fingerprint density at radius 1 is 1.08 bits per heavy atom. The number of amides is 1. The molecule has 1 aromatic rings. The molecule has 3 fully saturated rings. The maximum absolute atomic E-state index is 13.5. The maximum atomic E-state index is 13.5. The van der Waals surface area contributed by atoms with E-state index in [0.29, 0.717) is 18.0 Å². The Morgan fingerprint density at radius 3 is 2.46 bits per heavy atom. The summed E-state index contributed by atoms with van der Waals surface area (Å²) in [4.78, 5) is 15.7. The maximum Gasteiger partial charge on any atom is 0.233 e. The van der Waals surface area contributed by atoms with Gasteiger partial charge in [0.2, 0.25) is 5.91 Å². The highest BCUT2D eigenvalue weighted by Gasteiger charge is 2.46. The third-order valence-electron chi connectivity index (χ3n) is 6.07. The lowest BCUT2D eigenvalue weighted by Crippen LogP contribution is -2.48. The fourth-order valence-corrected chi connectivity index (χ4v) is 5.07. The molecule has 1 amide bonds. The van der Waals surface area contributed by atoms with Crippen LogP contribution in [0.1, 0.15) is 50.5 Å². The molecule has 2 saturated heterocycles. The van der Waals surface area contributed by atoms with E-state index in [1.54, 1.807) is 0 Å². The zero-order valence-electron chi connectivity index (χ0n) is 14.0. The number of carbonyl (C=O) groups is 1. The third-order valence-corrected chi connectivity index (χ3v) is 6.60. The molecule has 2 unspecified atom stereocenters. The Hall–Kier alpha value is -0.580. The van der Waals surface area contributed by atoms with Crippen molar-refractivity contribution in [3.8, 4) is 0 Å². The van der Waals surface area contributed by atoms with E-state index in [-0.39, 0.29) is 17.8 Å². The molecule has 5 heteroatoms. The molecule has 0 aromatic heterocycles. The van der Waals surface area contributed by atoms with Crippen molar-refractivity contribution < 1.29 is 4.79 Å². The molecule has 3 aliphatic rings. The van der Waals surface area contributed by atoms with Crippen molar-refractivity contribution in [1.29, 1.82) is 0 Å². The van der Waals surface area contributed by atoms with Gasteiger partial charge in [0.1, 0.15) is 0 Å². The summed E-state index contributed by atoms with van der Waals surface area (Å²) in [5, 5.41) is 3.69. The molecule has 3 nitrogen and oxygen atoms in total. The van der Waals surface area contributed by atoms with Gasteiger partial charge < -0.3 is 10.2 Å².